The summed E-state index contributed by atoms with van der Waals surface area (Å²) in [5.41, 5.74) is 2.74. The average molecular weight is 390 g/mol. The molecular weight excluding hydrogens is 364 g/mol. The quantitative estimate of drug-likeness (QED) is 0.786. The first-order valence-electron chi connectivity index (χ1n) is 10.4. The van der Waals surface area contributed by atoms with E-state index in [1.807, 2.05) is 31.2 Å². The second-order valence-electron chi connectivity index (χ2n) is 8.16. The first kappa shape index (κ1) is 19.4. The second-order valence-corrected chi connectivity index (χ2v) is 8.16. The van der Waals surface area contributed by atoms with Gasteiger partial charge in [-0.25, -0.2) is 0 Å². The van der Waals surface area contributed by atoms with Crippen molar-refractivity contribution in [2.75, 3.05) is 10.2 Å². The molecule has 1 N–H and O–H groups in total. The van der Waals surface area contributed by atoms with E-state index in [1.54, 1.807) is 24.3 Å². The van der Waals surface area contributed by atoms with Crippen molar-refractivity contribution in [1.82, 2.24) is 0 Å². The Morgan fingerprint density at radius 3 is 2.59 bits per heavy atom. The number of para-hydroxylation sites is 1. The zero-order chi connectivity index (χ0) is 20.5. The van der Waals surface area contributed by atoms with Crippen LogP contribution in [0, 0.1) is 17.8 Å². The number of nitrogens with zero attached hydrogens (tertiary/aromatic N) is 1. The number of aryl methyl sites for hydroxylation is 1. The third kappa shape index (κ3) is 3.57. The molecule has 1 heterocycles. The number of imide groups is 1. The smallest absolute Gasteiger partial charge is 0.255 e. The molecule has 5 heteroatoms. The number of hydrogen-bond acceptors (Lipinski definition) is 3. The summed E-state index contributed by atoms with van der Waals surface area (Å²) >= 11 is 0. The van der Waals surface area contributed by atoms with Gasteiger partial charge in [0.05, 0.1) is 17.5 Å². The maximum absolute atomic E-state index is 13.0. The lowest BCUT2D eigenvalue weighted by Gasteiger charge is -2.25. The number of fused-ring (bicyclic) bond motifs is 1. The number of amides is 3. The van der Waals surface area contributed by atoms with Crippen LogP contribution in [0.5, 0.6) is 0 Å². The molecule has 1 saturated heterocycles. The molecule has 0 bridgehead atoms. The number of carbonyl (C=O) groups is 3. The van der Waals surface area contributed by atoms with E-state index < -0.39 is 0 Å². The molecule has 2 aliphatic rings. The van der Waals surface area contributed by atoms with Crippen LogP contribution in [0.25, 0.3) is 0 Å². The van der Waals surface area contributed by atoms with Gasteiger partial charge >= 0.3 is 0 Å². The van der Waals surface area contributed by atoms with Crippen LogP contribution in [0.2, 0.25) is 0 Å². The Morgan fingerprint density at radius 2 is 1.79 bits per heavy atom. The number of hydrogen-bond donors (Lipinski definition) is 1. The van der Waals surface area contributed by atoms with E-state index in [4.69, 9.17) is 0 Å². The standard InChI is InChI=1S/C24H26N2O3/c1-3-16-7-4-5-10-21(16)25-22(27)17-8-6-9-18(14-17)26-23(28)19-12-11-15(2)13-20(19)24(26)29/h4-10,14-15,19-20H,3,11-13H2,1-2H3,(H,25,27)/t15-,19-,20-/m0/s1. The Balaban J connectivity index is 1.58. The van der Waals surface area contributed by atoms with Gasteiger partial charge in [0, 0.05) is 11.3 Å². The summed E-state index contributed by atoms with van der Waals surface area (Å²) in [5.74, 6) is -0.476. The largest absolute Gasteiger partial charge is 0.322 e. The Morgan fingerprint density at radius 1 is 1.03 bits per heavy atom. The van der Waals surface area contributed by atoms with Gasteiger partial charge in [-0.15, -0.1) is 0 Å². The molecule has 5 nitrogen and oxygen atoms in total. The van der Waals surface area contributed by atoms with Crippen LogP contribution in [0.3, 0.4) is 0 Å². The fourth-order valence-electron chi connectivity index (χ4n) is 4.58. The Hall–Kier alpha value is -2.95. The van der Waals surface area contributed by atoms with E-state index in [2.05, 4.69) is 12.2 Å². The maximum atomic E-state index is 13.0. The van der Waals surface area contributed by atoms with Gasteiger partial charge in [0.15, 0.2) is 0 Å². The van der Waals surface area contributed by atoms with Crippen LogP contribution in [-0.2, 0) is 16.0 Å². The molecule has 1 aliphatic heterocycles. The predicted molar refractivity (Wildman–Crippen MR) is 113 cm³/mol. The van der Waals surface area contributed by atoms with Crippen molar-refractivity contribution in [2.45, 2.75) is 39.5 Å². The fraction of sp³-hybridized carbons (Fsp3) is 0.375. The molecule has 3 atom stereocenters. The lowest BCUT2D eigenvalue weighted by atomic mass is 9.76. The monoisotopic (exact) mass is 390 g/mol. The average Bonchev–Trinajstić information content (AvgIpc) is 2.98. The molecule has 29 heavy (non-hydrogen) atoms. The summed E-state index contributed by atoms with van der Waals surface area (Å²) in [5, 5.41) is 2.95. The van der Waals surface area contributed by atoms with Gasteiger partial charge in [0.2, 0.25) is 11.8 Å². The van der Waals surface area contributed by atoms with Crippen LogP contribution >= 0.6 is 0 Å². The van der Waals surface area contributed by atoms with Crippen LogP contribution in [0.15, 0.2) is 48.5 Å². The van der Waals surface area contributed by atoms with Gasteiger partial charge in [0.25, 0.3) is 5.91 Å². The number of benzene rings is 2. The highest BCUT2D eigenvalue weighted by atomic mass is 16.2. The van der Waals surface area contributed by atoms with E-state index in [0.717, 1.165) is 36.9 Å². The van der Waals surface area contributed by atoms with Crippen LogP contribution in [0.1, 0.15) is 49.0 Å². The van der Waals surface area contributed by atoms with Gasteiger partial charge in [-0.05, 0) is 61.4 Å². The number of carbonyl (C=O) groups excluding carboxylic acids is 3. The van der Waals surface area contributed by atoms with Gasteiger partial charge < -0.3 is 5.32 Å². The normalized spacial score (nSPS) is 23.8. The number of anilines is 2. The molecule has 1 aliphatic carbocycles. The Bertz CT molecular complexity index is 968. The lowest BCUT2D eigenvalue weighted by Crippen LogP contribution is -2.31. The molecule has 4 rings (SSSR count). The van der Waals surface area contributed by atoms with E-state index >= 15 is 0 Å². The molecule has 0 aromatic heterocycles. The van der Waals surface area contributed by atoms with Gasteiger partial charge in [-0.2, -0.15) is 0 Å². The van der Waals surface area contributed by atoms with Crippen molar-refractivity contribution < 1.29 is 14.4 Å². The number of rotatable bonds is 4. The summed E-state index contributed by atoms with van der Waals surface area (Å²) in [6.45, 7) is 4.17. The van der Waals surface area contributed by atoms with Gasteiger partial charge in [-0.1, -0.05) is 38.1 Å². The van der Waals surface area contributed by atoms with Crippen molar-refractivity contribution >= 4 is 29.1 Å². The first-order valence-corrected chi connectivity index (χ1v) is 10.4. The minimum Gasteiger partial charge on any atom is -0.322 e. The predicted octanol–water partition coefficient (Wildman–Crippen LogP) is 4.43. The highest BCUT2D eigenvalue weighted by molar-refractivity contribution is 6.22. The molecule has 0 spiro atoms. The maximum Gasteiger partial charge on any atom is 0.255 e. The van der Waals surface area contributed by atoms with E-state index in [-0.39, 0.29) is 29.6 Å². The molecule has 150 valence electrons. The third-order valence-corrected chi connectivity index (χ3v) is 6.20. The van der Waals surface area contributed by atoms with Crippen molar-refractivity contribution in [3.05, 3.63) is 59.7 Å². The summed E-state index contributed by atoms with van der Waals surface area (Å²) in [6.07, 6.45) is 3.32. The number of nitrogens with one attached hydrogen (secondary N) is 1. The van der Waals surface area contributed by atoms with Crippen molar-refractivity contribution in [2.24, 2.45) is 17.8 Å². The molecule has 2 aromatic carbocycles. The molecule has 0 unspecified atom stereocenters. The van der Waals surface area contributed by atoms with Gasteiger partial charge in [0.1, 0.15) is 0 Å². The minimum absolute atomic E-state index is 0.124. The molecule has 1 saturated carbocycles. The second kappa shape index (κ2) is 7.82. The highest BCUT2D eigenvalue weighted by Crippen LogP contribution is 2.42. The Labute approximate surface area is 171 Å². The molecule has 2 fully saturated rings. The molecule has 2 aromatic rings. The minimum atomic E-state index is -0.252. The zero-order valence-electron chi connectivity index (χ0n) is 16.9. The summed E-state index contributed by atoms with van der Waals surface area (Å²) in [6, 6.07) is 14.5. The van der Waals surface area contributed by atoms with E-state index in [0.29, 0.717) is 17.2 Å². The molecular formula is C24H26N2O3. The topological polar surface area (TPSA) is 66.5 Å². The zero-order valence-corrected chi connectivity index (χ0v) is 16.9. The van der Waals surface area contributed by atoms with Crippen molar-refractivity contribution in [3.8, 4) is 0 Å². The van der Waals surface area contributed by atoms with E-state index in [9.17, 15) is 14.4 Å². The summed E-state index contributed by atoms with van der Waals surface area (Å²) < 4.78 is 0. The highest BCUT2D eigenvalue weighted by Gasteiger charge is 2.50. The van der Waals surface area contributed by atoms with Crippen LogP contribution in [-0.4, -0.2) is 17.7 Å². The van der Waals surface area contributed by atoms with Crippen molar-refractivity contribution in [1.29, 1.82) is 0 Å². The molecule has 3 amide bonds. The molecule has 0 radical (unpaired) electrons. The fourth-order valence-corrected chi connectivity index (χ4v) is 4.58. The first-order chi connectivity index (χ1) is 14.0. The lowest BCUT2D eigenvalue weighted by molar-refractivity contribution is -0.122. The summed E-state index contributed by atoms with van der Waals surface area (Å²) in [7, 11) is 0. The third-order valence-electron chi connectivity index (χ3n) is 6.20. The SMILES string of the molecule is CCc1ccccc1NC(=O)c1cccc(N2C(=O)[C@H]3CC[C@H](C)C[C@@H]3C2=O)c1. The summed E-state index contributed by atoms with van der Waals surface area (Å²) in [4.78, 5) is 40.0. The van der Waals surface area contributed by atoms with Crippen molar-refractivity contribution in [3.63, 3.8) is 0 Å². The van der Waals surface area contributed by atoms with E-state index in [1.165, 1.54) is 4.90 Å². The van der Waals surface area contributed by atoms with Crippen LogP contribution < -0.4 is 10.2 Å². The Kier molecular flexibility index (Phi) is 5.22. The van der Waals surface area contributed by atoms with Gasteiger partial charge in [-0.3, -0.25) is 19.3 Å². The van der Waals surface area contributed by atoms with Crippen LogP contribution in [0.4, 0.5) is 11.4 Å².